The molecule has 5 rings (SSSR count). The molecule has 3 aromatic rings. The maximum absolute atomic E-state index is 13.6. The average molecular weight is 687 g/mol. The van der Waals surface area contributed by atoms with Gasteiger partial charge in [-0.3, -0.25) is 4.79 Å². The lowest BCUT2D eigenvalue weighted by molar-refractivity contribution is -0.228. The molecule has 0 radical (unpaired) electrons. The van der Waals surface area contributed by atoms with Gasteiger partial charge in [0.05, 0.1) is 30.4 Å². The number of aliphatic hydroxyl groups excluding tert-OH is 3. The first-order chi connectivity index (χ1) is 22.8. The average Bonchev–Trinajstić information content (AvgIpc) is 3.04. The van der Waals surface area contributed by atoms with Gasteiger partial charge in [0.15, 0.2) is 6.10 Å². The van der Waals surface area contributed by atoms with Crippen LogP contribution in [0.4, 0.5) is 10.1 Å². The Balaban J connectivity index is 1.31. The largest absolute Gasteiger partial charge is 0.479 e. The number of amides is 1. The van der Waals surface area contributed by atoms with Gasteiger partial charge < -0.3 is 34.8 Å². The van der Waals surface area contributed by atoms with Crippen molar-refractivity contribution in [2.75, 3.05) is 17.7 Å². The maximum atomic E-state index is 13.6. The number of aliphatic carboxylic acids is 1. The van der Waals surface area contributed by atoms with E-state index in [1.807, 2.05) is 24.3 Å². The van der Waals surface area contributed by atoms with Crippen LogP contribution in [0.1, 0.15) is 54.5 Å². The summed E-state index contributed by atoms with van der Waals surface area (Å²) in [6.45, 7) is 0.313. The van der Waals surface area contributed by atoms with E-state index in [1.54, 1.807) is 29.2 Å². The van der Waals surface area contributed by atoms with Crippen molar-refractivity contribution in [2.45, 2.75) is 68.9 Å². The van der Waals surface area contributed by atoms with Crippen molar-refractivity contribution < 1.29 is 52.3 Å². The van der Waals surface area contributed by atoms with Crippen LogP contribution in [0.5, 0.6) is 5.75 Å². The molecule has 5 N–H and O–H groups in total. The van der Waals surface area contributed by atoms with E-state index < -0.39 is 64.5 Å². The lowest BCUT2D eigenvalue weighted by Gasteiger charge is -2.48. The zero-order chi connectivity index (χ0) is 34.6. The number of nitrogens with zero attached hydrogens (tertiary/aromatic N) is 1. The number of benzene rings is 3. The molecule has 12 nitrogen and oxygen atoms in total. The van der Waals surface area contributed by atoms with Crippen LogP contribution in [0.25, 0.3) is 0 Å². The van der Waals surface area contributed by atoms with Crippen LogP contribution in [0.2, 0.25) is 0 Å². The zero-order valence-electron chi connectivity index (χ0n) is 26.2. The molecule has 2 aliphatic rings. The molecular weight excluding hydrogens is 647 g/mol. The molecule has 48 heavy (non-hydrogen) atoms. The van der Waals surface area contributed by atoms with E-state index in [4.69, 9.17) is 9.47 Å². The summed E-state index contributed by atoms with van der Waals surface area (Å²) in [5, 5.41) is 40.1. The van der Waals surface area contributed by atoms with Crippen LogP contribution >= 0.6 is 0 Å². The predicted molar refractivity (Wildman–Crippen MR) is 172 cm³/mol. The molecular formula is C34H39FN2O10S. The van der Waals surface area contributed by atoms with Crippen LogP contribution in [-0.4, -0.2) is 78.1 Å². The van der Waals surface area contributed by atoms with Crippen molar-refractivity contribution in [3.8, 4) is 5.75 Å². The van der Waals surface area contributed by atoms with E-state index in [1.165, 1.54) is 24.3 Å². The van der Waals surface area contributed by atoms with Crippen molar-refractivity contribution in [3.05, 3.63) is 95.3 Å². The number of carboxylic acid groups (broad SMARTS) is 1. The van der Waals surface area contributed by atoms with Crippen LogP contribution in [0, 0.1) is 11.7 Å². The van der Waals surface area contributed by atoms with Crippen LogP contribution < -0.4 is 14.4 Å². The van der Waals surface area contributed by atoms with Crippen LogP contribution in [0.3, 0.4) is 0 Å². The number of hydrogen-bond donors (Lipinski definition) is 5. The summed E-state index contributed by atoms with van der Waals surface area (Å²) < 4.78 is 49.6. The Hall–Kier alpha value is -3.92. The number of rotatable bonds is 14. The van der Waals surface area contributed by atoms with Gasteiger partial charge in [0, 0.05) is 18.7 Å². The molecule has 0 spiro atoms. The number of ether oxygens (including phenoxy) is 2. The first kappa shape index (κ1) is 35.4. The molecule has 258 valence electrons. The van der Waals surface area contributed by atoms with Gasteiger partial charge in [-0.2, -0.15) is 0 Å². The number of carboxylic acids is 1. The molecule has 0 bridgehead atoms. The van der Waals surface area contributed by atoms with Gasteiger partial charge >= 0.3 is 5.97 Å². The Kier molecular flexibility index (Phi) is 11.1. The summed E-state index contributed by atoms with van der Waals surface area (Å²) in [6.07, 6.45) is -3.74. The van der Waals surface area contributed by atoms with Crippen molar-refractivity contribution in [3.63, 3.8) is 0 Å². The van der Waals surface area contributed by atoms with E-state index in [9.17, 15) is 42.8 Å². The second-order valence-corrected chi connectivity index (χ2v) is 14.0. The van der Waals surface area contributed by atoms with Gasteiger partial charge in [-0.25, -0.2) is 22.3 Å². The van der Waals surface area contributed by atoms with Gasteiger partial charge in [-0.1, -0.05) is 36.4 Å². The third-order valence-electron chi connectivity index (χ3n) is 8.61. The molecule has 2 aliphatic heterocycles. The normalized spacial score (nSPS) is 24.9. The van der Waals surface area contributed by atoms with Gasteiger partial charge in [0.2, 0.25) is 22.2 Å². The monoisotopic (exact) mass is 686 g/mol. The second-order valence-electron chi connectivity index (χ2n) is 12.1. The Morgan fingerprint density at radius 3 is 2.35 bits per heavy atom. The SMILES string of the molecule is CS(=O)(=O)NCCCc1ccc(N2C(=O)C(CC[C@H](O)c3ccc(F)cc3)[C@H]2c2ccc(O[C@H]3C[C@@H](O)C(O)[C@@H](C(=O)O)O3)cc2)cc1. The quantitative estimate of drug-likeness (QED) is 0.125. The van der Waals surface area contributed by atoms with Crippen molar-refractivity contribution in [1.29, 1.82) is 0 Å². The molecule has 0 saturated carbocycles. The molecule has 2 fully saturated rings. The lowest BCUT2D eigenvalue weighted by atomic mass is 9.78. The Labute approximate surface area is 277 Å². The van der Waals surface area contributed by atoms with Gasteiger partial charge in [0.1, 0.15) is 17.7 Å². The predicted octanol–water partition coefficient (Wildman–Crippen LogP) is 2.83. The maximum Gasteiger partial charge on any atom is 0.335 e. The summed E-state index contributed by atoms with van der Waals surface area (Å²) in [4.78, 5) is 26.7. The number of carbonyl (C=O) groups is 2. The first-order valence-electron chi connectivity index (χ1n) is 15.6. The summed E-state index contributed by atoms with van der Waals surface area (Å²) in [5.41, 5.74) is 2.98. The number of anilines is 1. The fourth-order valence-corrected chi connectivity index (χ4v) is 6.59. The number of sulfonamides is 1. The number of β-lactam (4-membered cyclic amide) rings is 1. The number of hydrogen-bond acceptors (Lipinski definition) is 9. The number of aliphatic hydroxyl groups is 3. The third-order valence-corrected chi connectivity index (χ3v) is 9.34. The van der Waals surface area contributed by atoms with Crippen molar-refractivity contribution in [2.24, 2.45) is 5.92 Å². The van der Waals surface area contributed by atoms with Gasteiger partial charge in [-0.15, -0.1) is 0 Å². The molecule has 2 saturated heterocycles. The molecule has 0 aliphatic carbocycles. The topological polar surface area (TPSA) is 183 Å². The van der Waals surface area contributed by atoms with E-state index in [2.05, 4.69) is 4.72 Å². The standard InChI is InChI=1S/C34H39FN2O10S/c1-48(44,45)36-18-2-3-20-4-12-24(13-5-20)37-30(26(33(37)41)16-17-27(38)21-6-10-23(35)11-7-21)22-8-14-25(15-9-22)46-29-19-28(39)31(40)32(47-29)34(42)43/h4-15,26-32,36,38-40H,2-3,16-19H2,1H3,(H,42,43)/t26?,27-,28+,29+,30+,31?,32-/m0/s1. The van der Waals surface area contributed by atoms with E-state index >= 15 is 0 Å². The second kappa shape index (κ2) is 15.1. The van der Waals surface area contributed by atoms with E-state index in [-0.39, 0.29) is 18.7 Å². The van der Waals surface area contributed by atoms with Crippen LogP contribution in [0.15, 0.2) is 72.8 Å². The van der Waals surface area contributed by atoms with Crippen LogP contribution in [-0.2, 0) is 30.8 Å². The molecule has 1 amide bonds. The van der Waals surface area contributed by atoms with E-state index in [0.717, 1.165) is 17.4 Å². The Morgan fingerprint density at radius 2 is 1.73 bits per heavy atom. The minimum absolute atomic E-state index is 0.125. The Bertz CT molecular complexity index is 1670. The smallest absolute Gasteiger partial charge is 0.335 e. The molecule has 2 heterocycles. The molecule has 14 heteroatoms. The van der Waals surface area contributed by atoms with Crippen molar-refractivity contribution in [1.82, 2.24) is 4.72 Å². The molecule has 2 unspecified atom stereocenters. The van der Waals surface area contributed by atoms with Crippen molar-refractivity contribution >= 4 is 27.6 Å². The van der Waals surface area contributed by atoms with E-state index in [0.29, 0.717) is 42.8 Å². The minimum atomic E-state index is -3.26. The highest BCUT2D eigenvalue weighted by atomic mass is 32.2. The van der Waals surface area contributed by atoms with Gasteiger partial charge in [0.25, 0.3) is 0 Å². The summed E-state index contributed by atoms with van der Waals surface area (Å²) >= 11 is 0. The third kappa shape index (κ3) is 8.56. The molecule has 0 aromatic heterocycles. The number of carbonyl (C=O) groups excluding carboxylic acids is 1. The number of nitrogens with one attached hydrogen (secondary N) is 1. The minimum Gasteiger partial charge on any atom is -0.479 e. The Morgan fingerprint density at radius 1 is 1.06 bits per heavy atom. The fourth-order valence-electron chi connectivity index (χ4n) is 6.07. The summed E-state index contributed by atoms with van der Waals surface area (Å²) in [6, 6.07) is 19.5. The number of halogens is 1. The number of aryl methyl sites for hydroxylation is 1. The molecule has 7 atom stereocenters. The summed E-state index contributed by atoms with van der Waals surface area (Å²) in [7, 11) is -3.26. The van der Waals surface area contributed by atoms with Gasteiger partial charge in [-0.05, 0) is 78.8 Å². The highest BCUT2D eigenvalue weighted by molar-refractivity contribution is 7.88. The lowest BCUT2D eigenvalue weighted by Crippen LogP contribution is -2.55. The zero-order valence-corrected chi connectivity index (χ0v) is 27.0. The summed E-state index contributed by atoms with van der Waals surface area (Å²) in [5.74, 6) is -2.10. The molecule has 3 aromatic carbocycles. The highest BCUT2D eigenvalue weighted by Gasteiger charge is 2.48. The fraction of sp³-hybridized carbons (Fsp3) is 0.412. The highest BCUT2D eigenvalue weighted by Crippen LogP contribution is 2.46. The first-order valence-corrected chi connectivity index (χ1v) is 17.5.